The lowest BCUT2D eigenvalue weighted by Crippen LogP contribution is -2.21. The van der Waals surface area contributed by atoms with Gasteiger partial charge >= 0.3 is 0 Å². The van der Waals surface area contributed by atoms with Crippen LogP contribution in [0.1, 0.15) is 28.8 Å². The van der Waals surface area contributed by atoms with Crippen molar-refractivity contribution in [3.8, 4) is 11.8 Å². The van der Waals surface area contributed by atoms with Crippen LogP contribution in [-0.4, -0.2) is 31.0 Å². The number of nitrogens with zero attached hydrogens (tertiary/aromatic N) is 2. The van der Waals surface area contributed by atoms with Crippen LogP contribution in [0.25, 0.3) is 0 Å². The lowest BCUT2D eigenvalue weighted by atomic mass is 10.1. The molecule has 1 aliphatic carbocycles. The van der Waals surface area contributed by atoms with Crippen molar-refractivity contribution in [1.82, 2.24) is 4.90 Å². The molecule has 88 valence electrons. The predicted molar refractivity (Wildman–Crippen MR) is 62.8 cm³/mol. The fourth-order valence-electron chi connectivity index (χ4n) is 1.47. The second-order valence-electron chi connectivity index (χ2n) is 4.34. The smallest absolute Gasteiger partial charge is 0.253 e. The van der Waals surface area contributed by atoms with Gasteiger partial charge in [-0.3, -0.25) is 4.79 Å². The molecule has 0 atom stereocenters. The molecular formula is C13H14N2O2. The molecule has 17 heavy (non-hydrogen) atoms. The Labute approximate surface area is 100 Å². The van der Waals surface area contributed by atoms with Crippen molar-refractivity contribution in [3.05, 3.63) is 29.3 Å². The van der Waals surface area contributed by atoms with Crippen LogP contribution in [0.15, 0.2) is 18.2 Å². The monoisotopic (exact) mass is 230 g/mol. The summed E-state index contributed by atoms with van der Waals surface area (Å²) in [6.07, 6.45) is 2.26. The molecule has 0 aliphatic heterocycles. The van der Waals surface area contributed by atoms with Crippen molar-refractivity contribution in [3.63, 3.8) is 0 Å². The molecule has 1 amide bonds. The zero-order valence-corrected chi connectivity index (χ0v) is 9.93. The van der Waals surface area contributed by atoms with Crippen LogP contribution < -0.4 is 4.74 Å². The number of ether oxygens (including phenoxy) is 1. The fourth-order valence-corrected chi connectivity index (χ4v) is 1.47. The van der Waals surface area contributed by atoms with Crippen molar-refractivity contribution in [2.45, 2.75) is 18.9 Å². The van der Waals surface area contributed by atoms with Crippen LogP contribution in [0.2, 0.25) is 0 Å². The molecule has 1 aliphatic rings. The number of carbonyl (C=O) groups is 1. The first-order valence-corrected chi connectivity index (χ1v) is 5.54. The quantitative estimate of drug-likeness (QED) is 0.795. The van der Waals surface area contributed by atoms with Crippen molar-refractivity contribution in [1.29, 1.82) is 5.26 Å². The van der Waals surface area contributed by atoms with Gasteiger partial charge in [-0.05, 0) is 31.0 Å². The Bertz CT molecular complexity index is 485. The highest BCUT2D eigenvalue weighted by Gasteiger charge is 2.25. The van der Waals surface area contributed by atoms with Crippen molar-refractivity contribution in [2.75, 3.05) is 14.1 Å². The van der Waals surface area contributed by atoms with Gasteiger partial charge in [0.1, 0.15) is 11.8 Å². The maximum atomic E-state index is 11.8. The standard InChI is InChI=1S/C13H14N2O2/c1-15(2)13(16)9-3-4-10(8-14)12(7-9)17-11-5-6-11/h3-4,7,11H,5-6H2,1-2H3. The summed E-state index contributed by atoms with van der Waals surface area (Å²) in [5.74, 6) is 0.429. The number of rotatable bonds is 3. The second-order valence-corrected chi connectivity index (χ2v) is 4.34. The van der Waals surface area contributed by atoms with Crippen LogP contribution in [0, 0.1) is 11.3 Å². The second kappa shape index (κ2) is 4.46. The van der Waals surface area contributed by atoms with Crippen molar-refractivity contribution < 1.29 is 9.53 Å². The SMILES string of the molecule is CN(C)C(=O)c1ccc(C#N)c(OC2CC2)c1. The summed E-state index contributed by atoms with van der Waals surface area (Å²) in [6, 6.07) is 7.01. The molecule has 0 aromatic heterocycles. The average molecular weight is 230 g/mol. The summed E-state index contributed by atoms with van der Waals surface area (Å²) in [5, 5.41) is 8.97. The number of benzene rings is 1. The molecule has 1 aromatic rings. The average Bonchev–Trinajstić information content (AvgIpc) is 3.11. The van der Waals surface area contributed by atoms with Crippen LogP contribution in [-0.2, 0) is 0 Å². The van der Waals surface area contributed by atoms with Gasteiger partial charge in [0.05, 0.1) is 11.7 Å². The molecule has 4 heteroatoms. The van der Waals surface area contributed by atoms with Gasteiger partial charge < -0.3 is 9.64 Å². The van der Waals surface area contributed by atoms with E-state index >= 15 is 0 Å². The summed E-state index contributed by atoms with van der Waals surface area (Å²) in [6.45, 7) is 0. The molecule has 1 fully saturated rings. The van der Waals surface area contributed by atoms with Gasteiger partial charge in [-0.2, -0.15) is 5.26 Å². The fraction of sp³-hybridized carbons (Fsp3) is 0.385. The Morgan fingerprint density at radius 3 is 2.71 bits per heavy atom. The van der Waals surface area contributed by atoms with E-state index in [4.69, 9.17) is 10.00 Å². The van der Waals surface area contributed by atoms with Gasteiger partial charge in [0.25, 0.3) is 5.91 Å². The zero-order chi connectivity index (χ0) is 12.4. The third-order valence-corrected chi connectivity index (χ3v) is 2.57. The van der Waals surface area contributed by atoms with Gasteiger partial charge in [-0.25, -0.2) is 0 Å². The maximum Gasteiger partial charge on any atom is 0.253 e. The van der Waals surface area contributed by atoms with E-state index in [2.05, 4.69) is 6.07 Å². The highest BCUT2D eigenvalue weighted by atomic mass is 16.5. The van der Waals surface area contributed by atoms with Gasteiger partial charge in [0.15, 0.2) is 0 Å². The molecule has 2 rings (SSSR count). The molecule has 4 nitrogen and oxygen atoms in total. The van der Waals surface area contributed by atoms with E-state index in [9.17, 15) is 4.79 Å². The third kappa shape index (κ3) is 2.56. The first-order chi connectivity index (χ1) is 8.11. The molecule has 1 aromatic carbocycles. The number of hydrogen-bond acceptors (Lipinski definition) is 3. The first-order valence-electron chi connectivity index (χ1n) is 5.54. The molecule has 0 N–H and O–H groups in total. The highest BCUT2D eigenvalue weighted by Crippen LogP contribution is 2.29. The Balaban J connectivity index is 2.30. The van der Waals surface area contributed by atoms with E-state index in [0.717, 1.165) is 12.8 Å². The molecule has 0 saturated heterocycles. The van der Waals surface area contributed by atoms with Gasteiger partial charge in [0.2, 0.25) is 0 Å². The van der Waals surface area contributed by atoms with E-state index in [1.54, 1.807) is 32.3 Å². The van der Waals surface area contributed by atoms with Crippen molar-refractivity contribution in [2.24, 2.45) is 0 Å². The molecule has 0 spiro atoms. The van der Waals surface area contributed by atoms with E-state index in [1.165, 1.54) is 4.90 Å². The van der Waals surface area contributed by atoms with Crippen LogP contribution in [0.5, 0.6) is 5.75 Å². The van der Waals surface area contributed by atoms with Gasteiger partial charge in [0, 0.05) is 19.7 Å². The molecule has 0 unspecified atom stereocenters. The largest absolute Gasteiger partial charge is 0.489 e. The number of amides is 1. The lowest BCUT2D eigenvalue weighted by Gasteiger charge is -2.12. The molecule has 0 heterocycles. The molecular weight excluding hydrogens is 216 g/mol. The summed E-state index contributed by atoms with van der Waals surface area (Å²) in [7, 11) is 3.39. The number of nitriles is 1. The van der Waals surface area contributed by atoms with Gasteiger partial charge in [-0.15, -0.1) is 0 Å². The van der Waals surface area contributed by atoms with E-state index in [0.29, 0.717) is 16.9 Å². The molecule has 0 radical (unpaired) electrons. The topological polar surface area (TPSA) is 53.3 Å². The Morgan fingerprint density at radius 1 is 1.47 bits per heavy atom. The summed E-state index contributed by atoms with van der Waals surface area (Å²) in [4.78, 5) is 13.3. The van der Waals surface area contributed by atoms with Crippen LogP contribution in [0.3, 0.4) is 0 Å². The van der Waals surface area contributed by atoms with E-state index in [-0.39, 0.29) is 12.0 Å². The number of carbonyl (C=O) groups excluding carboxylic acids is 1. The minimum absolute atomic E-state index is 0.0878. The first kappa shape index (κ1) is 11.5. The molecule has 0 bridgehead atoms. The van der Waals surface area contributed by atoms with Crippen LogP contribution in [0.4, 0.5) is 0 Å². The Morgan fingerprint density at radius 2 is 2.18 bits per heavy atom. The Hall–Kier alpha value is -2.02. The summed E-state index contributed by atoms with van der Waals surface area (Å²) >= 11 is 0. The molecule has 1 saturated carbocycles. The Kier molecular flexibility index (Phi) is 3.01. The maximum absolute atomic E-state index is 11.8. The minimum Gasteiger partial charge on any atom is -0.489 e. The van der Waals surface area contributed by atoms with E-state index < -0.39 is 0 Å². The zero-order valence-electron chi connectivity index (χ0n) is 9.93. The number of hydrogen-bond donors (Lipinski definition) is 0. The van der Waals surface area contributed by atoms with E-state index in [1.807, 2.05) is 0 Å². The highest BCUT2D eigenvalue weighted by molar-refractivity contribution is 5.94. The van der Waals surface area contributed by atoms with Crippen molar-refractivity contribution >= 4 is 5.91 Å². The predicted octanol–water partition coefficient (Wildman–Crippen LogP) is 1.80. The van der Waals surface area contributed by atoms with Crippen LogP contribution >= 0.6 is 0 Å². The lowest BCUT2D eigenvalue weighted by molar-refractivity contribution is 0.0827. The van der Waals surface area contributed by atoms with Gasteiger partial charge in [-0.1, -0.05) is 0 Å². The summed E-state index contributed by atoms with van der Waals surface area (Å²) < 4.78 is 5.62. The summed E-state index contributed by atoms with van der Waals surface area (Å²) in [5.41, 5.74) is 1.02. The minimum atomic E-state index is -0.0878. The third-order valence-electron chi connectivity index (χ3n) is 2.57. The normalized spacial score (nSPS) is 13.9.